The van der Waals surface area contributed by atoms with Crippen molar-refractivity contribution >= 4 is 44.3 Å². The maximum atomic E-state index is 12.4. The molecule has 5 rings (SSSR count). The molecule has 0 amide bonds. The Bertz CT molecular complexity index is 1350. The number of hydrogen-bond acceptors (Lipinski definition) is 7. The number of anilines is 3. The van der Waals surface area contributed by atoms with Gasteiger partial charge in [-0.15, -0.1) is 0 Å². The molecule has 2 N–H and O–H groups in total. The highest BCUT2D eigenvalue weighted by molar-refractivity contribution is 7.22. The number of benzene rings is 2. The van der Waals surface area contributed by atoms with Gasteiger partial charge in [0.2, 0.25) is 0 Å². The van der Waals surface area contributed by atoms with Gasteiger partial charge in [-0.25, -0.2) is 14.8 Å². The molecule has 1 fully saturated rings. The highest BCUT2D eigenvalue weighted by Crippen LogP contribution is 2.32. The molecule has 1 aliphatic rings. The predicted molar refractivity (Wildman–Crippen MR) is 134 cm³/mol. The van der Waals surface area contributed by atoms with Crippen molar-refractivity contribution in [3.8, 4) is 11.1 Å². The Balaban J connectivity index is 1.20. The first-order chi connectivity index (χ1) is 17.3. The van der Waals surface area contributed by atoms with Crippen molar-refractivity contribution in [2.45, 2.75) is 44.0 Å². The largest absolute Gasteiger partial charge is 0.490 e. The van der Waals surface area contributed by atoms with Gasteiger partial charge in [-0.1, -0.05) is 53.8 Å². The Labute approximate surface area is 209 Å². The van der Waals surface area contributed by atoms with Crippen LogP contribution in [0.25, 0.3) is 21.3 Å². The number of halogens is 3. The summed E-state index contributed by atoms with van der Waals surface area (Å²) in [6.07, 6.45) is -3.77. The highest BCUT2D eigenvalue weighted by Gasteiger charge is 2.42. The van der Waals surface area contributed by atoms with E-state index in [1.54, 1.807) is 11.3 Å². The standard InChI is InChI=1S/C26H23F3N4O2S/c27-26(28,29)24(34)35-19-12-10-18(11-13-19)30-22-7-4-8-23(32-22)33-25-31-20-14-9-17(15-21(20)36-25)16-5-2-1-3-6-16/h1-9,14-15,18-19H,10-13H2,(H2,30,31,32,33). The Morgan fingerprint density at radius 1 is 0.889 bits per heavy atom. The Kier molecular flexibility index (Phi) is 6.77. The number of hydrogen-bond donors (Lipinski definition) is 2. The van der Waals surface area contributed by atoms with E-state index in [2.05, 4.69) is 49.6 Å². The van der Waals surface area contributed by atoms with Crippen LogP contribution >= 0.6 is 11.3 Å². The van der Waals surface area contributed by atoms with E-state index < -0.39 is 18.2 Å². The van der Waals surface area contributed by atoms with Crippen LogP contribution in [0.5, 0.6) is 0 Å². The van der Waals surface area contributed by atoms with Gasteiger partial charge in [0.25, 0.3) is 0 Å². The van der Waals surface area contributed by atoms with E-state index in [0.717, 1.165) is 26.5 Å². The van der Waals surface area contributed by atoms with Gasteiger partial charge in [-0.3, -0.25) is 0 Å². The van der Waals surface area contributed by atoms with Crippen molar-refractivity contribution in [3.05, 3.63) is 66.7 Å². The monoisotopic (exact) mass is 512 g/mol. The van der Waals surface area contributed by atoms with E-state index in [1.165, 1.54) is 0 Å². The predicted octanol–water partition coefficient (Wildman–Crippen LogP) is 6.93. The normalized spacial score (nSPS) is 18.1. The van der Waals surface area contributed by atoms with Crippen LogP contribution in [0.3, 0.4) is 0 Å². The van der Waals surface area contributed by atoms with E-state index in [-0.39, 0.29) is 6.04 Å². The summed E-state index contributed by atoms with van der Waals surface area (Å²) in [5.41, 5.74) is 3.18. The van der Waals surface area contributed by atoms with E-state index in [0.29, 0.717) is 37.3 Å². The quantitative estimate of drug-likeness (QED) is 0.273. The van der Waals surface area contributed by atoms with Gasteiger partial charge < -0.3 is 15.4 Å². The lowest BCUT2D eigenvalue weighted by Crippen LogP contribution is -2.35. The zero-order valence-corrected chi connectivity index (χ0v) is 19.9. The summed E-state index contributed by atoms with van der Waals surface area (Å²) in [7, 11) is 0. The molecule has 36 heavy (non-hydrogen) atoms. The number of thiazole rings is 1. The van der Waals surface area contributed by atoms with Gasteiger partial charge in [0.15, 0.2) is 5.13 Å². The third kappa shape index (κ3) is 5.76. The molecule has 0 saturated heterocycles. The van der Waals surface area contributed by atoms with Crippen LogP contribution in [0.15, 0.2) is 66.7 Å². The van der Waals surface area contributed by atoms with Crippen molar-refractivity contribution in [1.29, 1.82) is 0 Å². The van der Waals surface area contributed by atoms with Crippen molar-refractivity contribution in [3.63, 3.8) is 0 Å². The van der Waals surface area contributed by atoms with E-state index in [9.17, 15) is 18.0 Å². The number of nitrogens with one attached hydrogen (secondary N) is 2. The van der Waals surface area contributed by atoms with Gasteiger partial charge >= 0.3 is 12.1 Å². The molecule has 0 spiro atoms. The van der Waals surface area contributed by atoms with Crippen molar-refractivity contribution < 1.29 is 22.7 Å². The summed E-state index contributed by atoms with van der Waals surface area (Å²) < 4.78 is 42.9. The van der Waals surface area contributed by atoms with Gasteiger partial charge in [0.1, 0.15) is 17.7 Å². The second kappa shape index (κ2) is 10.1. The van der Waals surface area contributed by atoms with Crippen LogP contribution < -0.4 is 10.6 Å². The topological polar surface area (TPSA) is 76.1 Å². The van der Waals surface area contributed by atoms with E-state index >= 15 is 0 Å². The third-order valence-electron chi connectivity index (χ3n) is 6.01. The first-order valence-corrected chi connectivity index (χ1v) is 12.4. The number of pyridine rings is 1. The second-order valence-corrected chi connectivity index (χ2v) is 9.65. The second-order valence-electron chi connectivity index (χ2n) is 8.62. The number of ether oxygens (including phenoxy) is 1. The Morgan fingerprint density at radius 2 is 1.64 bits per heavy atom. The average molecular weight is 513 g/mol. The van der Waals surface area contributed by atoms with Crippen molar-refractivity contribution in [2.75, 3.05) is 10.6 Å². The molecule has 6 nitrogen and oxygen atoms in total. The minimum Gasteiger partial charge on any atom is -0.456 e. The maximum Gasteiger partial charge on any atom is 0.490 e. The molecule has 2 heterocycles. The summed E-state index contributed by atoms with van der Waals surface area (Å²) in [5, 5.41) is 7.33. The van der Waals surface area contributed by atoms with Gasteiger partial charge in [0.05, 0.1) is 10.2 Å². The molecular weight excluding hydrogens is 489 g/mol. The summed E-state index contributed by atoms with van der Waals surface area (Å²) in [6.45, 7) is 0. The van der Waals surface area contributed by atoms with Crippen LogP contribution in [0.2, 0.25) is 0 Å². The molecule has 0 aliphatic heterocycles. The van der Waals surface area contributed by atoms with Crippen LogP contribution in [0.1, 0.15) is 25.7 Å². The number of fused-ring (bicyclic) bond motifs is 1. The molecule has 2 aromatic heterocycles. The molecule has 10 heteroatoms. The van der Waals surface area contributed by atoms with Crippen LogP contribution in [0, 0.1) is 0 Å². The minimum atomic E-state index is -4.96. The fraction of sp³-hybridized carbons (Fsp3) is 0.269. The number of carbonyl (C=O) groups is 1. The Morgan fingerprint density at radius 3 is 2.39 bits per heavy atom. The number of alkyl halides is 3. The summed E-state index contributed by atoms with van der Waals surface area (Å²) in [6, 6.07) is 22.0. The molecule has 0 bridgehead atoms. The number of esters is 1. The first kappa shape index (κ1) is 24.1. The third-order valence-corrected chi connectivity index (χ3v) is 6.94. The van der Waals surface area contributed by atoms with E-state index in [4.69, 9.17) is 0 Å². The van der Waals surface area contributed by atoms with Crippen LogP contribution in [0.4, 0.5) is 29.9 Å². The number of aromatic nitrogens is 2. The van der Waals surface area contributed by atoms with E-state index in [1.807, 2.05) is 42.5 Å². The SMILES string of the molecule is O=C(OC1CCC(Nc2cccc(Nc3nc4ccc(-c5ccccc5)cc4s3)n2)CC1)C(F)(F)F. The summed E-state index contributed by atoms with van der Waals surface area (Å²) in [5.74, 6) is -0.830. The molecule has 0 atom stereocenters. The Hall–Kier alpha value is -3.66. The molecule has 1 aliphatic carbocycles. The molecule has 0 radical (unpaired) electrons. The van der Waals surface area contributed by atoms with Gasteiger partial charge in [-0.2, -0.15) is 13.2 Å². The first-order valence-electron chi connectivity index (χ1n) is 11.6. The van der Waals surface area contributed by atoms with Gasteiger partial charge in [-0.05, 0) is 61.1 Å². The number of rotatable bonds is 6. The lowest BCUT2D eigenvalue weighted by Gasteiger charge is -2.29. The molecule has 0 unspecified atom stereocenters. The minimum absolute atomic E-state index is 0.0347. The lowest BCUT2D eigenvalue weighted by atomic mass is 9.93. The van der Waals surface area contributed by atoms with Crippen LogP contribution in [-0.4, -0.2) is 34.3 Å². The van der Waals surface area contributed by atoms with Crippen LogP contribution in [-0.2, 0) is 9.53 Å². The number of carbonyl (C=O) groups excluding carboxylic acids is 1. The molecule has 1 saturated carbocycles. The molecule has 186 valence electrons. The maximum absolute atomic E-state index is 12.4. The molecule has 2 aromatic carbocycles. The zero-order valence-electron chi connectivity index (χ0n) is 19.1. The van der Waals surface area contributed by atoms with Crippen molar-refractivity contribution in [1.82, 2.24) is 9.97 Å². The zero-order chi connectivity index (χ0) is 25.1. The fourth-order valence-corrected chi connectivity index (χ4v) is 5.15. The van der Waals surface area contributed by atoms with Gasteiger partial charge in [0, 0.05) is 6.04 Å². The van der Waals surface area contributed by atoms with Crippen molar-refractivity contribution in [2.24, 2.45) is 0 Å². The molecule has 4 aromatic rings. The highest BCUT2D eigenvalue weighted by atomic mass is 32.1. The average Bonchev–Trinajstić information content (AvgIpc) is 3.27. The lowest BCUT2D eigenvalue weighted by molar-refractivity contribution is -0.206. The fourth-order valence-electron chi connectivity index (χ4n) is 4.23. The summed E-state index contributed by atoms with van der Waals surface area (Å²) in [4.78, 5) is 20.3. The smallest absolute Gasteiger partial charge is 0.456 e. The molecular formula is C26H23F3N4O2S. The summed E-state index contributed by atoms with van der Waals surface area (Å²) >= 11 is 1.55. The number of nitrogens with zero attached hydrogens (tertiary/aromatic N) is 2.